The molecule has 16 heavy (non-hydrogen) atoms. The number of carbonyl (C=O) groups is 1. The van der Waals surface area contributed by atoms with Crippen molar-refractivity contribution in [2.45, 2.75) is 52.0 Å². The third kappa shape index (κ3) is 1.96. The van der Waals surface area contributed by atoms with Crippen LogP contribution >= 0.6 is 0 Å². The van der Waals surface area contributed by atoms with Crippen LogP contribution in [0.5, 0.6) is 0 Å². The van der Waals surface area contributed by atoms with E-state index in [2.05, 4.69) is 16.7 Å². The molecule has 4 heteroatoms. The Morgan fingerprint density at radius 3 is 2.69 bits per heavy atom. The van der Waals surface area contributed by atoms with Gasteiger partial charge in [0.2, 0.25) is 0 Å². The first kappa shape index (κ1) is 11.2. The summed E-state index contributed by atoms with van der Waals surface area (Å²) in [7, 11) is 0. The summed E-state index contributed by atoms with van der Waals surface area (Å²) < 4.78 is 2.09. The number of carboxylic acids is 1. The van der Waals surface area contributed by atoms with Gasteiger partial charge in [-0.25, -0.2) is 0 Å². The molecule has 88 valence electrons. The number of aromatic nitrogens is 2. The number of carboxylic acid groups (broad SMARTS) is 1. The molecule has 1 fully saturated rings. The van der Waals surface area contributed by atoms with Gasteiger partial charge in [0.1, 0.15) is 0 Å². The van der Waals surface area contributed by atoms with Crippen molar-refractivity contribution < 1.29 is 9.90 Å². The molecule has 1 aliphatic carbocycles. The van der Waals surface area contributed by atoms with E-state index >= 15 is 0 Å². The topological polar surface area (TPSA) is 55.1 Å². The van der Waals surface area contributed by atoms with Crippen molar-refractivity contribution in [3.63, 3.8) is 0 Å². The van der Waals surface area contributed by atoms with E-state index in [1.54, 1.807) is 0 Å². The maximum absolute atomic E-state index is 10.6. The minimum Gasteiger partial charge on any atom is -0.481 e. The fourth-order valence-corrected chi connectivity index (χ4v) is 2.28. The highest BCUT2D eigenvalue weighted by molar-refractivity contribution is 5.67. The smallest absolute Gasteiger partial charge is 0.303 e. The SMILES string of the molecule is Cc1nn(C2CCC2)c(C)c1CCC(=O)O. The van der Waals surface area contributed by atoms with Crippen molar-refractivity contribution in [1.82, 2.24) is 9.78 Å². The van der Waals surface area contributed by atoms with Gasteiger partial charge < -0.3 is 5.11 Å². The summed E-state index contributed by atoms with van der Waals surface area (Å²) >= 11 is 0. The molecular formula is C12H18N2O2. The Labute approximate surface area is 95.3 Å². The summed E-state index contributed by atoms with van der Waals surface area (Å²) in [5.74, 6) is -0.741. The van der Waals surface area contributed by atoms with E-state index in [1.165, 1.54) is 19.3 Å². The normalized spacial score (nSPS) is 16.1. The van der Waals surface area contributed by atoms with Crippen molar-refractivity contribution in [3.05, 3.63) is 17.0 Å². The number of hydrogen-bond acceptors (Lipinski definition) is 2. The molecule has 0 saturated heterocycles. The summed E-state index contributed by atoms with van der Waals surface area (Å²) in [5, 5.41) is 13.2. The van der Waals surface area contributed by atoms with Gasteiger partial charge in [-0.15, -0.1) is 0 Å². The molecule has 1 saturated carbocycles. The second-order valence-corrected chi connectivity index (χ2v) is 4.57. The lowest BCUT2D eigenvalue weighted by atomic mass is 9.93. The van der Waals surface area contributed by atoms with Gasteiger partial charge in [-0.1, -0.05) is 0 Å². The first-order valence-corrected chi connectivity index (χ1v) is 5.86. The Bertz CT molecular complexity index is 405. The largest absolute Gasteiger partial charge is 0.481 e. The highest BCUT2D eigenvalue weighted by Gasteiger charge is 2.23. The average molecular weight is 222 g/mol. The van der Waals surface area contributed by atoms with Crippen LogP contribution in [0, 0.1) is 13.8 Å². The zero-order chi connectivity index (χ0) is 11.7. The zero-order valence-corrected chi connectivity index (χ0v) is 9.86. The summed E-state index contributed by atoms with van der Waals surface area (Å²) in [6, 6.07) is 0.553. The number of aliphatic carboxylic acids is 1. The van der Waals surface area contributed by atoms with Gasteiger partial charge in [0, 0.05) is 12.1 Å². The molecule has 0 radical (unpaired) electrons. The van der Waals surface area contributed by atoms with Crippen LogP contribution in [-0.4, -0.2) is 20.9 Å². The fourth-order valence-electron chi connectivity index (χ4n) is 2.28. The molecule has 1 aliphatic rings. The fraction of sp³-hybridized carbons (Fsp3) is 0.667. The second-order valence-electron chi connectivity index (χ2n) is 4.57. The molecule has 0 unspecified atom stereocenters. The van der Waals surface area contributed by atoms with E-state index in [0.717, 1.165) is 17.0 Å². The number of hydrogen-bond donors (Lipinski definition) is 1. The molecule has 1 aromatic heterocycles. The van der Waals surface area contributed by atoms with Crippen molar-refractivity contribution >= 4 is 5.97 Å². The second kappa shape index (κ2) is 4.28. The number of aryl methyl sites for hydroxylation is 1. The van der Waals surface area contributed by atoms with Crippen molar-refractivity contribution in [3.8, 4) is 0 Å². The van der Waals surface area contributed by atoms with Gasteiger partial charge in [-0.2, -0.15) is 5.10 Å². The molecular weight excluding hydrogens is 204 g/mol. The molecule has 4 nitrogen and oxygen atoms in total. The third-order valence-electron chi connectivity index (χ3n) is 3.48. The Morgan fingerprint density at radius 1 is 1.50 bits per heavy atom. The Hall–Kier alpha value is -1.32. The van der Waals surface area contributed by atoms with Crippen LogP contribution < -0.4 is 0 Å². The van der Waals surface area contributed by atoms with Gasteiger partial charge in [0.15, 0.2) is 0 Å². The lowest BCUT2D eigenvalue weighted by molar-refractivity contribution is -0.136. The van der Waals surface area contributed by atoms with E-state index in [4.69, 9.17) is 5.11 Å². The summed E-state index contributed by atoms with van der Waals surface area (Å²) in [6.07, 6.45) is 4.49. The molecule has 0 spiro atoms. The molecule has 0 atom stereocenters. The molecule has 2 rings (SSSR count). The molecule has 0 aromatic carbocycles. The minimum absolute atomic E-state index is 0.192. The van der Waals surface area contributed by atoms with Gasteiger partial charge >= 0.3 is 5.97 Å². The van der Waals surface area contributed by atoms with E-state index in [0.29, 0.717) is 12.5 Å². The first-order chi connectivity index (χ1) is 7.59. The van der Waals surface area contributed by atoms with Crippen LogP contribution in [0.2, 0.25) is 0 Å². The predicted octanol–water partition coefficient (Wildman–Crippen LogP) is 2.24. The predicted molar refractivity (Wildman–Crippen MR) is 60.5 cm³/mol. The van der Waals surface area contributed by atoms with E-state index < -0.39 is 5.97 Å². The Kier molecular flexibility index (Phi) is 2.99. The summed E-state index contributed by atoms with van der Waals surface area (Å²) in [6.45, 7) is 4.02. The molecule has 0 bridgehead atoms. The monoisotopic (exact) mass is 222 g/mol. The highest BCUT2D eigenvalue weighted by Crippen LogP contribution is 2.33. The third-order valence-corrected chi connectivity index (χ3v) is 3.48. The maximum Gasteiger partial charge on any atom is 0.303 e. The maximum atomic E-state index is 10.6. The minimum atomic E-state index is -0.741. The van der Waals surface area contributed by atoms with Gasteiger partial charge in [0.25, 0.3) is 0 Å². The van der Waals surface area contributed by atoms with E-state index in [1.807, 2.05) is 6.92 Å². The number of nitrogens with zero attached hydrogens (tertiary/aromatic N) is 2. The lowest BCUT2D eigenvalue weighted by Crippen LogP contribution is -2.19. The molecule has 1 N–H and O–H groups in total. The quantitative estimate of drug-likeness (QED) is 0.850. The van der Waals surface area contributed by atoms with Gasteiger partial charge in [-0.05, 0) is 45.1 Å². The lowest BCUT2D eigenvalue weighted by Gasteiger charge is -2.27. The Morgan fingerprint density at radius 2 is 2.19 bits per heavy atom. The van der Waals surface area contributed by atoms with Gasteiger partial charge in [0.05, 0.1) is 11.7 Å². The molecule has 1 heterocycles. The van der Waals surface area contributed by atoms with Crippen molar-refractivity contribution in [2.75, 3.05) is 0 Å². The average Bonchev–Trinajstić information content (AvgIpc) is 2.37. The van der Waals surface area contributed by atoms with Crippen molar-refractivity contribution in [2.24, 2.45) is 0 Å². The van der Waals surface area contributed by atoms with Crippen LogP contribution in [0.4, 0.5) is 0 Å². The molecule has 0 aliphatic heterocycles. The van der Waals surface area contributed by atoms with E-state index in [-0.39, 0.29) is 6.42 Å². The number of rotatable bonds is 4. The van der Waals surface area contributed by atoms with Crippen LogP contribution in [0.3, 0.4) is 0 Å². The van der Waals surface area contributed by atoms with E-state index in [9.17, 15) is 4.79 Å². The van der Waals surface area contributed by atoms with Crippen LogP contribution in [0.25, 0.3) is 0 Å². The van der Waals surface area contributed by atoms with Crippen LogP contribution in [0.1, 0.15) is 48.7 Å². The summed E-state index contributed by atoms with van der Waals surface area (Å²) in [5.41, 5.74) is 3.27. The van der Waals surface area contributed by atoms with Crippen LogP contribution in [-0.2, 0) is 11.2 Å². The highest BCUT2D eigenvalue weighted by atomic mass is 16.4. The first-order valence-electron chi connectivity index (χ1n) is 5.86. The Balaban J connectivity index is 2.17. The standard InChI is InChI=1S/C12H18N2O2/c1-8-11(6-7-12(15)16)9(2)14(13-8)10-4-3-5-10/h10H,3-7H2,1-2H3,(H,15,16). The van der Waals surface area contributed by atoms with Crippen LogP contribution in [0.15, 0.2) is 0 Å². The summed E-state index contributed by atoms with van der Waals surface area (Å²) in [4.78, 5) is 10.6. The molecule has 0 amide bonds. The zero-order valence-electron chi connectivity index (χ0n) is 9.86. The van der Waals surface area contributed by atoms with Gasteiger partial charge in [-0.3, -0.25) is 9.48 Å². The van der Waals surface area contributed by atoms with Crippen molar-refractivity contribution in [1.29, 1.82) is 0 Å². The molecule has 1 aromatic rings.